The van der Waals surface area contributed by atoms with E-state index in [0.717, 1.165) is 11.8 Å². The first-order valence-corrected chi connectivity index (χ1v) is 13.8. The van der Waals surface area contributed by atoms with Crippen LogP contribution in [-0.4, -0.2) is 14.6 Å². The Balaban J connectivity index is 2.19. The number of carbonyl (C=O) groups excluding carboxylic acids is 1. The molecule has 0 spiro atoms. The molecule has 0 aliphatic heterocycles. The monoisotopic (exact) mass is 471 g/mol. The lowest BCUT2D eigenvalue weighted by Gasteiger charge is -2.42. The van der Waals surface area contributed by atoms with Crippen LogP contribution in [-0.2, 0) is 17.6 Å². The highest BCUT2D eigenvalue weighted by Gasteiger charge is 2.47. The molecule has 0 saturated carbocycles. The van der Waals surface area contributed by atoms with Gasteiger partial charge in [0.05, 0.1) is 11.6 Å². The molecule has 33 heavy (non-hydrogen) atoms. The highest BCUT2D eigenvalue weighted by atomic mass is 28.4. The topological polar surface area (TPSA) is 50.1 Å². The van der Waals surface area contributed by atoms with Gasteiger partial charge in [0.1, 0.15) is 6.29 Å². The summed E-state index contributed by atoms with van der Waals surface area (Å²) in [4.78, 5) is 11.6. The van der Waals surface area contributed by atoms with Gasteiger partial charge in [0.2, 0.25) is 0 Å². The van der Waals surface area contributed by atoms with E-state index in [-0.39, 0.29) is 34.7 Å². The number of nitrogens with zero attached hydrogens (tertiary/aromatic N) is 1. The third-order valence-corrected chi connectivity index (χ3v) is 12.6. The highest BCUT2D eigenvalue weighted by Crippen LogP contribution is 2.44. The van der Waals surface area contributed by atoms with Crippen molar-refractivity contribution in [1.29, 1.82) is 5.26 Å². The number of hydrogen-bond acceptors (Lipinski definition) is 3. The van der Waals surface area contributed by atoms with E-state index in [1.54, 1.807) is 12.1 Å². The molecule has 0 N–H and O–H groups in total. The number of rotatable bonds is 11. The summed E-state index contributed by atoms with van der Waals surface area (Å²) < 4.78 is 36.4. The molecule has 0 aliphatic carbocycles. The van der Waals surface area contributed by atoms with Crippen molar-refractivity contribution in [3.05, 3.63) is 64.7 Å². The highest BCUT2D eigenvalue weighted by molar-refractivity contribution is 6.78. The molecule has 3 nitrogen and oxygen atoms in total. The molecule has 2 rings (SSSR count). The van der Waals surface area contributed by atoms with Gasteiger partial charge in [0, 0.05) is 5.92 Å². The molecule has 0 amide bonds. The lowest BCUT2D eigenvalue weighted by atomic mass is 9.93. The van der Waals surface area contributed by atoms with Crippen LogP contribution >= 0.6 is 0 Å². The van der Waals surface area contributed by atoms with Crippen molar-refractivity contribution in [2.45, 2.75) is 77.4 Å². The normalized spacial score (nSPS) is 12.8. The van der Waals surface area contributed by atoms with Crippen LogP contribution in [0.1, 0.15) is 64.7 Å². The Hall–Kier alpha value is -2.52. The van der Waals surface area contributed by atoms with Crippen LogP contribution < -0.4 is 4.43 Å². The smallest absolute Gasteiger partial charge is 0.259 e. The van der Waals surface area contributed by atoms with E-state index in [9.17, 15) is 4.79 Å². The van der Waals surface area contributed by atoms with Crippen molar-refractivity contribution in [1.82, 2.24) is 0 Å². The van der Waals surface area contributed by atoms with E-state index in [1.807, 2.05) is 12.1 Å². The number of aldehydes is 1. The van der Waals surface area contributed by atoms with Crippen LogP contribution in [0.5, 0.6) is 5.75 Å². The zero-order chi connectivity index (χ0) is 24.8. The second-order valence-electron chi connectivity index (χ2n) is 9.76. The minimum Gasteiger partial charge on any atom is -0.539 e. The number of halogens is 2. The Morgan fingerprint density at radius 1 is 0.939 bits per heavy atom. The lowest BCUT2D eigenvalue weighted by molar-refractivity contribution is -0.111. The van der Waals surface area contributed by atoms with Gasteiger partial charge in [-0.2, -0.15) is 5.26 Å². The summed E-state index contributed by atoms with van der Waals surface area (Å²) in [6.07, 6.45) is 2.31. The Kier molecular flexibility index (Phi) is 9.36. The fraction of sp³-hybridized carbons (Fsp3) is 0.481. The van der Waals surface area contributed by atoms with Crippen molar-refractivity contribution in [2.24, 2.45) is 5.92 Å². The first-order valence-electron chi connectivity index (χ1n) is 11.7. The summed E-state index contributed by atoms with van der Waals surface area (Å²) in [5.41, 5.74) is 2.62. The van der Waals surface area contributed by atoms with Gasteiger partial charge in [-0.25, -0.2) is 8.78 Å². The van der Waals surface area contributed by atoms with Gasteiger partial charge in [-0.1, -0.05) is 53.7 Å². The molecule has 2 aromatic rings. The minimum atomic E-state index is -2.50. The number of hydrogen-bond donors (Lipinski definition) is 0. The van der Waals surface area contributed by atoms with E-state index in [2.05, 4.69) is 47.6 Å². The molecule has 178 valence electrons. The molecule has 6 heteroatoms. The van der Waals surface area contributed by atoms with Crippen LogP contribution in [0, 0.1) is 28.9 Å². The Labute approximate surface area is 197 Å². The Morgan fingerprint density at radius 2 is 1.45 bits per heavy atom. The maximum Gasteiger partial charge on any atom is 0.259 e. The molecule has 0 bridgehead atoms. The van der Waals surface area contributed by atoms with E-state index in [4.69, 9.17) is 9.69 Å². The Bertz CT molecular complexity index is 936. The summed E-state index contributed by atoms with van der Waals surface area (Å²) in [6.45, 7) is 12.4. The zero-order valence-electron chi connectivity index (χ0n) is 20.5. The fourth-order valence-electron chi connectivity index (χ4n) is 4.98. The van der Waals surface area contributed by atoms with E-state index >= 15 is 8.78 Å². The average molecular weight is 472 g/mol. The lowest BCUT2D eigenvalue weighted by Crippen LogP contribution is -2.51. The van der Waals surface area contributed by atoms with Gasteiger partial charge in [0.15, 0.2) is 17.4 Å². The number of nitriles is 1. The summed E-state index contributed by atoms with van der Waals surface area (Å²) >= 11 is 0. The van der Waals surface area contributed by atoms with Gasteiger partial charge in [0.25, 0.3) is 8.32 Å². The molecule has 1 atom stereocenters. The molecule has 2 aromatic carbocycles. The van der Waals surface area contributed by atoms with E-state index in [1.165, 1.54) is 12.1 Å². The number of aryl methyl sites for hydroxylation is 1. The molecular weight excluding hydrogens is 436 g/mol. The van der Waals surface area contributed by atoms with Crippen molar-refractivity contribution in [3.8, 4) is 11.8 Å². The zero-order valence-corrected chi connectivity index (χ0v) is 21.5. The predicted octanol–water partition coefficient (Wildman–Crippen LogP) is 7.38. The number of carbonyl (C=O) groups is 1. The summed E-state index contributed by atoms with van der Waals surface area (Å²) in [5.74, 6) is -2.07. The van der Waals surface area contributed by atoms with Crippen molar-refractivity contribution in [3.63, 3.8) is 0 Å². The maximum atomic E-state index is 15.1. The molecule has 0 fully saturated rings. The van der Waals surface area contributed by atoms with Gasteiger partial charge < -0.3 is 9.22 Å². The van der Waals surface area contributed by atoms with Gasteiger partial charge in [-0.05, 0) is 71.3 Å². The average Bonchev–Trinajstić information content (AvgIpc) is 2.75. The van der Waals surface area contributed by atoms with Crippen LogP contribution in [0.4, 0.5) is 8.78 Å². The molecule has 0 aliphatic rings. The van der Waals surface area contributed by atoms with Crippen molar-refractivity contribution < 1.29 is 18.0 Å². The molecule has 0 radical (unpaired) electrons. The second kappa shape index (κ2) is 11.6. The molecule has 0 heterocycles. The van der Waals surface area contributed by atoms with Crippen molar-refractivity contribution in [2.75, 3.05) is 0 Å². The largest absolute Gasteiger partial charge is 0.539 e. The van der Waals surface area contributed by atoms with E-state index < -0.39 is 20.0 Å². The van der Waals surface area contributed by atoms with Gasteiger partial charge in [-0.3, -0.25) is 0 Å². The van der Waals surface area contributed by atoms with E-state index in [0.29, 0.717) is 24.0 Å². The third kappa shape index (κ3) is 6.29. The SMILES string of the molecule is CC(C)[Si](Oc1c(F)cc(CC(C=O)CCc2ccc(C#N)cc2)cc1F)(C(C)C)C(C)C. The maximum absolute atomic E-state index is 15.1. The predicted molar refractivity (Wildman–Crippen MR) is 131 cm³/mol. The minimum absolute atomic E-state index is 0.192. The van der Waals surface area contributed by atoms with Crippen LogP contribution in [0.2, 0.25) is 16.6 Å². The summed E-state index contributed by atoms with van der Waals surface area (Å²) in [6, 6.07) is 11.9. The first-order chi connectivity index (χ1) is 15.5. The Morgan fingerprint density at radius 3 is 1.88 bits per heavy atom. The molecule has 1 unspecified atom stereocenters. The van der Waals surface area contributed by atoms with Crippen LogP contribution in [0.3, 0.4) is 0 Å². The fourth-order valence-corrected chi connectivity index (χ4v) is 10.2. The standard InChI is InChI=1S/C27H35F2NO2Si/c1-18(2)33(19(3)4,20(5)6)32-27-25(28)14-24(15-26(27)29)13-23(17-31)12-9-21-7-10-22(16-30)11-8-21/h7-8,10-11,14-15,17-20,23H,9,12-13H2,1-6H3. The van der Waals surface area contributed by atoms with Gasteiger partial charge >= 0.3 is 0 Å². The van der Waals surface area contributed by atoms with Crippen LogP contribution in [0.15, 0.2) is 36.4 Å². The van der Waals surface area contributed by atoms with Crippen LogP contribution in [0.25, 0.3) is 0 Å². The molecular formula is C27H35F2NO2Si. The third-order valence-electron chi connectivity index (χ3n) is 6.62. The molecule has 0 saturated heterocycles. The summed E-state index contributed by atoms with van der Waals surface area (Å²) in [7, 11) is -2.50. The second-order valence-corrected chi connectivity index (χ2v) is 15.1. The van der Waals surface area contributed by atoms with Gasteiger partial charge in [-0.15, -0.1) is 0 Å². The van der Waals surface area contributed by atoms with Crippen molar-refractivity contribution >= 4 is 14.6 Å². The summed E-state index contributed by atoms with van der Waals surface area (Å²) in [5, 5.41) is 8.89. The quantitative estimate of drug-likeness (QED) is 0.254. The molecule has 0 aromatic heterocycles. The number of benzene rings is 2. The first kappa shape index (κ1) is 26.7.